The van der Waals surface area contributed by atoms with E-state index in [4.69, 9.17) is 10.9 Å². The van der Waals surface area contributed by atoms with Crippen LogP contribution in [0.2, 0.25) is 0 Å². The molecule has 0 aliphatic heterocycles. The first-order valence-electron chi connectivity index (χ1n) is 4.32. The summed E-state index contributed by atoms with van der Waals surface area (Å²) < 4.78 is 57.6. The van der Waals surface area contributed by atoms with Crippen LogP contribution in [0.25, 0.3) is 0 Å². The number of halogens is 3. The number of nitrogens with one attached hydrogen (secondary N) is 1. The van der Waals surface area contributed by atoms with Crippen molar-refractivity contribution >= 4 is 21.4 Å². The summed E-state index contributed by atoms with van der Waals surface area (Å²) in [7, 11) is -3.92. The van der Waals surface area contributed by atoms with Crippen LogP contribution in [0.15, 0.2) is 23.1 Å². The largest absolute Gasteiger partial charge is 0.405 e. The minimum atomic E-state index is -4.38. The fraction of sp³-hybridized carbons (Fsp3) is 0.250. The minimum absolute atomic E-state index is 0.00488. The second kappa shape index (κ2) is 4.41. The molecule has 1 aromatic rings. The number of nitrogens with two attached hydrogens (primary N) is 2. The molecule has 0 heterocycles. The van der Waals surface area contributed by atoms with E-state index >= 15 is 0 Å². The number of benzene rings is 1. The zero-order chi connectivity index (χ0) is 13.3. The van der Waals surface area contributed by atoms with Crippen molar-refractivity contribution in [3.8, 4) is 0 Å². The fourth-order valence-corrected chi connectivity index (χ4v) is 1.62. The number of alkyl halides is 3. The van der Waals surface area contributed by atoms with E-state index in [0.717, 1.165) is 18.2 Å². The number of anilines is 2. The maximum Gasteiger partial charge on any atom is 0.405 e. The molecular formula is C8H10F3N3O2S. The first-order valence-corrected chi connectivity index (χ1v) is 5.87. The number of hydrogen-bond acceptors (Lipinski definition) is 4. The summed E-state index contributed by atoms with van der Waals surface area (Å²) >= 11 is 0. The number of hydrogen-bond donors (Lipinski definition) is 3. The molecule has 5 nitrogen and oxygen atoms in total. The Morgan fingerprint density at radius 1 is 1.29 bits per heavy atom. The molecular weight excluding hydrogens is 259 g/mol. The van der Waals surface area contributed by atoms with Crippen LogP contribution in [-0.4, -0.2) is 21.1 Å². The van der Waals surface area contributed by atoms with Gasteiger partial charge in [-0.25, -0.2) is 13.6 Å². The Balaban J connectivity index is 2.92. The van der Waals surface area contributed by atoms with E-state index in [1.54, 1.807) is 0 Å². The lowest BCUT2D eigenvalue weighted by Crippen LogP contribution is -2.22. The van der Waals surface area contributed by atoms with E-state index in [0.29, 0.717) is 0 Å². The summed E-state index contributed by atoms with van der Waals surface area (Å²) in [6, 6.07) is 3.19. The first-order chi connectivity index (χ1) is 7.59. The van der Waals surface area contributed by atoms with Crippen molar-refractivity contribution in [1.82, 2.24) is 0 Å². The fourth-order valence-electron chi connectivity index (χ4n) is 1.07. The van der Waals surface area contributed by atoms with Crippen molar-refractivity contribution in [3.63, 3.8) is 0 Å². The van der Waals surface area contributed by atoms with Gasteiger partial charge in [-0.1, -0.05) is 0 Å². The van der Waals surface area contributed by atoms with Crippen molar-refractivity contribution in [1.29, 1.82) is 0 Å². The number of primary sulfonamides is 1. The molecule has 0 spiro atoms. The van der Waals surface area contributed by atoms with Crippen molar-refractivity contribution in [2.24, 2.45) is 5.14 Å². The molecule has 0 aromatic heterocycles. The van der Waals surface area contributed by atoms with Crippen molar-refractivity contribution in [3.05, 3.63) is 18.2 Å². The molecule has 96 valence electrons. The van der Waals surface area contributed by atoms with E-state index in [9.17, 15) is 21.6 Å². The second-order valence-electron chi connectivity index (χ2n) is 3.26. The van der Waals surface area contributed by atoms with E-state index in [1.165, 1.54) is 0 Å². The molecule has 0 atom stereocenters. The van der Waals surface area contributed by atoms with Crippen molar-refractivity contribution in [2.45, 2.75) is 11.1 Å². The van der Waals surface area contributed by atoms with Gasteiger partial charge in [0.25, 0.3) is 0 Å². The molecule has 0 amide bonds. The minimum Gasteiger partial charge on any atom is -0.397 e. The third-order valence-corrected chi connectivity index (χ3v) is 2.74. The smallest absolute Gasteiger partial charge is 0.397 e. The molecule has 9 heteroatoms. The molecule has 1 rings (SSSR count). The molecule has 1 aromatic carbocycles. The summed E-state index contributed by atoms with van der Waals surface area (Å²) in [6.07, 6.45) is -4.38. The lowest BCUT2D eigenvalue weighted by molar-refractivity contribution is -0.115. The first kappa shape index (κ1) is 13.6. The van der Waals surface area contributed by atoms with Crippen LogP contribution >= 0.6 is 0 Å². The van der Waals surface area contributed by atoms with Gasteiger partial charge in [0.1, 0.15) is 6.54 Å². The Labute approximate surface area is 95.6 Å². The zero-order valence-corrected chi connectivity index (χ0v) is 9.27. The maximum atomic E-state index is 11.9. The predicted octanol–water partition coefficient (Wildman–Crippen LogP) is 0.890. The second-order valence-corrected chi connectivity index (χ2v) is 4.82. The molecule has 0 aliphatic carbocycles. The third kappa shape index (κ3) is 4.11. The average Bonchev–Trinajstić information content (AvgIpc) is 2.12. The van der Waals surface area contributed by atoms with Crippen molar-refractivity contribution < 1.29 is 21.6 Å². The lowest BCUT2D eigenvalue weighted by Gasteiger charge is -2.12. The molecule has 0 unspecified atom stereocenters. The molecule has 0 aliphatic rings. The summed E-state index contributed by atoms with van der Waals surface area (Å²) in [6.45, 7) is -1.26. The molecule has 0 bridgehead atoms. The van der Waals surface area contributed by atoms with Gasteiger partial charge in [0, 0.05) is 0 Å². The van der Waals surface area contributed by atoms with Gasteiger partial charge >= 0.3 is 6.18 Å². The summed E-state index contributed by atoms with van der Waals surface area (Å²) in [4.78, 5) is -0.257. The Hall–Kier alpha value is -1.48. The molecule has 0 saturated carbocycles. The van der Waals surface area contributed by atoms with Gasteiger partial charge in [-0.3, -0.25) is 0 Å². The summed E-state index contributed by atoms with van der Waals surface area (Å²) in [5.41, 5.74) is 5.27. The monoisotopic (exact) mass is 269 g/mol. The van der Waals surface area contributed by atoms with Crippen LogP contribution in [-0.2, 0) is 10.0 Å². The van der Waals surface area contributed by atoms with Crippen molar-refractivity contribution in [2.75, 3.05) is 17.6 Å². The lowest BCUT2D eigenvalue weighted by atomic mass is 10.2. The van der Waals surface area contributed by atoms with Gasteiger partial charge in [0.15, 0.2) is 0 Å². The highest BCUT2D eigenvalue weighted by atomic mass is 32.2. The Bertz CT molecular complexity index is 513. The van der Waals surface area contributed by atoms with Gasteiger partial charge in [0.05, 0.1) is 16.3 Å². The van der Waals surface area contributed by atoms with Crippen LogP contribution in [0, 0.1) is 0 Å². The maximum absolute atomic E-state index is 11.9. The zero-order valence-electron chi connectivity index (χ0n) is 8.45. The number of nitrogen functional groups attached to an aromatic ring is 1. The van der Waals surface area contributed by atoms with Gasteiger partial charge in [-0.15, -0.1) is 0 Å². The highest BCUT2D eigenvalue weighted by Crippen LogP contribution is 2.23. The van der Waals surface area contributed by atoms with Gasteiger partial charge in [-0.2, -0.15) is 13.2 Å². The van der Waals surface area contributed by atoms with Crippen LogP contribution in [0.3, 0.4) is 0 Å². The molecule has 0 saturated heterocycles. The van der Waals surface area contributed by atoms with Gasteiger partial charge < -0.3 is 11.1 Å². The molecule has 5 N–H and O–H groups in total. The summed E-state index contributed by atoms with van der Waals surface area (Å²) in [5, 5.41) is 6.88. The highest BCUT2D eigenvalue weighted by Gasteiger charge is 2.26. The van der Waals surface area contributed by atoms with Crippen LogP contribution in [0.5, 0.6) is 0 Å². The van der Waals surface area contributed by atoms with E-state index in [2.05, 4.69) is 0 Å². The normalized spacial score (nSPS) is 12.5. The molecule has 17 heavy (non-hydrogen) atoms. The average molecular weight is 269 g/mol. The molecule has 0 fully saturated rings. The third-order valence-electron chi connectivity index (χ3n) is 1.83. The Morgan fingerprint density at radius 2 is 1.88 bits per heavy atom. The number of rotatable bonds is 3. The predicted molar refractivity (Wildman–Crippen MR) is 56.8 cm³/mol. The quantitative estimate of drug-likeness (QED) is 0.710. The molecule has 0 radical (unpaired) electrons. The van der Waals surface area contributed by atoms with Gasteiger partial charge in [-0.05, 0) is 18.2 Å². The van der Waals surface area contributed by atoms with E-state index < -0.39 is 22.7 Å². The van der Waals surface area contributed by atoms with Crippen LogP contribution in [0.4, 0.5) is 24.5 Å². The van der Waals surface area contributed by atoms with Crippen LogP contribution < -0.4 is 16.2 Å². The van der Waals surface area contributed by atoms with E-state index in [-0.39, 0.29) is 16.3 Å². The Kier molecular flexibility index (Phi) is 3.53. The van der Waals surface area contributed by atoms with Crippen LogP contribution in [0.1, 0.15) is 0 Å². The standard InChI is InChI=1S/C8H10F3N3O2S/c9-8(10,11)4-14-7-2-1-5(3-6(7)12)17(13,15)16/h1-3,14H,4,12H2,(H2,13,15,16). The van der Waals surface area contributed by atoms with E-state index in [1.807, 2.05) is 5.32 Å². The SMILES string of the molecule is Nc1cc(S(N)(=O)=O)ccc1NCC(F)(F)F. The van der Waals surface area contributed by atoms with Gasteiger partial charge in [0.2, 0.25) is 10.0 Å². The summed E-state index contributed by atoms with van der Waals surface area (Å²) in [5.74, 6) is 0. The Morgan fingerprint density at radius 3 is 2.29 bits per heavy atom. The topological polar surface area (TPSA) is 98.2 Å². The highest BCUT2D eigenvalue weighted by molar-refractivity contribution is 7.89. The number of sulfonamides is 1.